The second-order valence-electron chi connectivity index (χ2n) is 5.13. The molecule has 0 saturated heterocycles. The maximum Gasteiger partial charge on any atom is 0.321 e. The minimum atomic E-state index is -0.701. The molecule has 106 valence electrons. The van der Waals surface area contributed by atoms with Gasteiger partial charge >= 0.3 is 5.97 Å². The second kappa shape index (κ2) is 6.17. The summed E-state index contributed by atoms with van der Waals surface area (Å²) in [6.45, 7) is 4.28. The number of nitrogens with zero attached hydrogens (tertiary/aromatic N) is 2. The molecule has 1 aromatic heterocycles. The maximum absolute atomic E-state index is 12.3. The predicted octanol–water partition coefficient (Wildman–Crippen LogP) is 2.79. The molecule has 1 fully saturated rings. The number of carbonyl (C=O) groups is 1. The Kier molecular flexibility index (Phi) is 4.56. The van der Waals surface area contributed by atoms with Gasteiger partial charge in [0.1, 0.15) is 5.41 Å². The van der Waals surface area contributed by atoms with Crippen molar-refractivity contribution in [2.75, 3.05) is 6.61 Å². The molecule has 1 saturated carbocycles. The molecule has 1 aliphatic carbocycles. The SMILES string of the molecule is CCCc1noc(C2(C(=O)OCC)CCCCC2)n1. The third-order valence-electron chi connectivity index (χ3n) is 3.72. The molecular weight excluding hydrogens is 244 g/mol. The molecular formula is C14H22N2O3. The lowest BCUT2D eigenvalue weighted by molar-refractivity contribution is -0.152. The number of ether oxygens (including phenoxy) is 1. The number of hydrogen-bond acceptors (Lipinski definition) is 5. The van der Waals surface area contributed by atoms with Gasteiger partial charge < -0.3 is 9.26 Å². The molecule has 0 aromatic carbocycles. The number of aromatic nitrogens is 2. The first kappa shape index (κ1) is 14.0. The first-order valence-corrected chi connectivity index (χ1v) is 7.23. The van der Waals surface area contributed by atoms with Crippen LogP contribution in [0.5, 0.6) is 0 Å². The van der Waals surface area contributed by atoms with Crippen molar-refractivity contribution in [3.8, 4) is 0 Å². The number of esters is 1. The molecule has 0 N–H and O–H groups in total. The van der Waals surface area contributed by atoms with E-state index in [0.29, 0.717) is 18.3 Å². The predicted molar refractivity (Wildman–Crippen MR) is 69.7 cm³/mol. The zero-order valence-electron chi connectivity index (χ0n) is 11.8. The van der Waals surface area contributed by atoms with Crippen LogP contribution in [0.4, 0.5) is 0 Å². The Bertz CT molecular complexity index is 422. The van der Waals surface area contributed by atoms with Crippen molar-refractivity contribution >= 4 is 5.97 Å². The van der Waals surface area contributed by atoms with Crippen LogP contribution in [0.3, 0.4) is 0 Å². The average molecular weight is 266 g/mol. The maximum atomic E-state index is 12.3. The molecule has 0 bridgehead atoms. The van der Waals surface area contributed by atoms with E-state index in [1.54, 1.807) is 0 Å². The zero-order valence-corrected chi connectivity index (χ0v) is 11.8. The van der Waals surface area contributed by atoms with Crippen LogP contribution in [0.15, 0.2) is 4.52 Å². The molecule has 5 nitrogen and oxygen atoms in total. The third-order valence-corrected chi connectivity index (χ3v) is 3.72. The van der Waals surface area contributed by atoms with Crippen molar-refractivity contribution in [3.05, 3.63) is 11.7 Å². The Labute approximate surface area is 113 Å². The van der Waals surface area contributed by atoms with E-state index in [1.165, 1.54) is 0 Å². The summed E-state index contributed by atoms with van der Waals surface area (Å²) in [6.07, 6.45) is 6.40. The van der Waals surface area contributed by atoms with Gasteiger partial charge in [0.2, 0.25) is 5.89 Å². The molecule has 19 heavy (non-hydrogen) atoms. The monoisotopic (exact) mass is 266 g/mol. The minimum absolute atomic E-state index is 0.207. The Hall–Kier alpha value is -1.39. The van der Waals surface area contributed by atoms with Gasteiger partial charge in [-0.1, -0.05) is 31.3 Å². The Morgan fingerprint density at radius 2 is 2.05 bits per heavy atom. The highest BCUT2D eigenvalue weighted by Gasteiger charge is 2.47. The fraction of sp³-hybridized carbons (Fsp3) is 0.786. The summed E-state index contributed by atoms with van der Waals surface area (Å²) >= 11 is 0. The van der Waals surface area contributed by atoms with Crippen LogP contribution < -0.4 is 0 Å². The van der Waals surface area contributed by atoms with E-state index < -0.39 is 5.41 Å². The number of carbonyl (C=O) groups excluding carboxylic acids is 1. The fourth-order valence-corrected chi connectivity index (χ4v) is 2.70. The van der Waals surface area contributed by atoms with E-state index in [1.807, 2.05) is 6.92 Å². The van der Waals surface area contributed by atoms with Gasteiger partial charge in [0.15, 0.2) is 5.82 Å². The third kappa shape index (κ3) is 2.80. The summed E-state index contributed by atoms with van der Waals surface area (Å²) in [5, 5.41) is 3.97. The van der Waals surface area contributed by atoms with Gasteiger partial charge in [0.25, 0.3) is 0 Å². The molecule has 2 rings (SSSR count). The van der Waals surface area contributed by atoms with Crippen molar-refractivity contribution in [1.29, 1.82) is 0 Å². The van der Waals surface area contributed by atoms with Crippen molar-refractivity contribution < 1.29 is 14.1 Å². The molecule has 0 aliphatic heterocycles. The van der Waals surface area contributed by atoms with E-state index in [0.717, 1.165) is 44.9 Å². The molecule has 0 amide bonds. The van der Waals surface area contributed by atoms with Gasteiger partial charge in [0.05, 0.1) is 6.61 Å². The first-order chi connectivity index (χ1) is 9.23. The van der Waals surface area contributed by atoms with Crippen LogP contribution in [0.2, 0.25) is 0 Å². The van der Waals surface area contributed by atoms with Gasteiger partial charge in [-0.15, -0.1) is 0 Å². The standard InChI is InChI=1S/C14H22N2O3/c1-3-8-11-15-12(19-16-11)14(13(17)18-4-2)9-6-5-7-10-14/h3-10H2,1-2H3. The summed E-state index contributed by atoms with van der Waals surface area (Å²) in [7, 11) is 0. The zero-order chi connectivity index (χ0) is 13.7. The summed E-state index contributed by atoms with van der Waals surface area (Å²) < 4.78 is 10.6. The summed E-state index contributed by atoms with van der Waals surface area (Å²) in [5.74, 6) is 0.933. The minimum Gasteiger partial charge on any atom is -0.465 e. The van der Waals surface area contributed by atoms with Crippen molar-refractivity contribution in [2.45, 2.75) is 64.2 Å². The molecule has 1 heterocycles. The van der Waals surface area contributed by atoms with Crippen molar-refractivity contribution in [1.82, 2.24) is 10.1 Å². The van der Waals surface area contributed by atoms with Crippen LogP contribution in [-0.2, 0) is 21.4 Å². The van der Waals surface area contributed by atoms with Crippen LogP contribution in [-0.4, -0.2) is 22.7 Å². The van der Waals surface area contributed by atoms with Gasteiger partial charge in [-0.05, 0) is 26.2 Å². The highest BCUT2D eigenvalue weighted by molar-refractivity contribution is 5.82. The fourth-order valence-electron chi connectivity index (χ4n) is 2.70. The second-order valence-corrected chi connectivity index (χ2v) is 5.13. The smallest absolute Gasteiger partial charge is 0.321 e. The normalized spacial score (nSPS) is 18.2. The molecule has 0 unspecified atom stereocenters. The highest BCUT2D eigenvalue weighted by Crippen LogP contribution is 2.39. The quantitative estimate of drug-likeness (QED) is 0.767. The van der Waals surface area contributed by atoms with Gasteiger partial charge in [-0.3, -0.25) is 4.79 Å². The average Bonchev–Trinajstić information content (AvgIpc) is 2.89. The number of hydrogen-bond donors (Lipinski definition) is 0. The van der Waals surface area contributed by atoms with Crippen LogP contribution in [0.1, 0.15) is 64.1 Å². The van der Waals surface area contributed by atoms with Crippen LogP contribution in [0, 0.1) is 0 Å². The first-order valence-electron chi connectivity index (χ1n) is 7.23. The Balaban J connectivity index is 2.27. The Morgan fingerprint density at radius 3 is 2.68 bits per heavy atom. The van der Waals surface area contributed by atoms with Gasteiger partial charge in [0, 0.05) is 6.42 Å². The van der Waals surface area contributed by atoms with E-state index in [2.05, 4.69) is 17.1 Å². The molecule has 0 spiro atoms. The molecule has 0 radical (unpaired) electrons. The van der Waals surface area contributed by atoms with Gasteiger partial charge in [-0.25, -0.2) is 0 Å². The summed E-state index contributed by atoms with van der Waals surface area (Å²) in [5.41, 5.74) is -0.701. The van der Waals surface area contributed by atoms with Crippen LogP contribution in [0.25, 0.3) is 0 Å². The lowest BCUT2D eigenvalue weighted by atomic mass is 9.74. The molecule has 1 aromatic rings. The Morgan fingerprint density at radius 1 is 1.32 bits per heavy atom. The molecule has 1 aliphatic rings. The highest BCUT2D eigenvalue weighted by atomic mass is 16.5. The topological polar surface area (TPSA) is 65.2 Å². The summed E-state index contributed by atoms with van der Waals surface area (Å²) in [4.78, 5) is 16.8. The van der Waals surface area contributed by atoms with E-state index in [9.17, 15) is 4.79 Å². The van der Waals surface area contributed by atoms with Crippen molar-refractivity contribution in [2.24, 2.45) is 0 Å². The van der Waals surface area contributed by atoms with Crippen LogP contribution >= 0.6 is 0 Å². The van der Waals surface area contributed by atoms with E-state index in [4.69, 9.17) is 9.26 Å². The lowest BCUT2D eigenvalue weighted by Gasteiger charge is -2.31. The largest absolute Gasteiger partial charge is 0.465 e. The summed E-state index contributed by atoms with van der Waals surface area (Å²) in [6, 6.07) is 0. The molecule has 5 heteroatoms. The molecule has 0 atom stereocenters. The lowest BCUT2D eigenvalue weighted by Crippen LogP contribution is -2.39. The van der Waals surface area contributed by atoms with Crippen molar-refractivity contribution in [3.63, 3.8) is 0 Å². The number of aryl methyl sites for hydroxylation is 1. The van der Waals surface area contributed by atoms with Gasteiger partial charge in [-0.2, -0.15) is 4.98 Å². The van der Waals surface area contributed by atoms with E-state index in [-0.39, 0.29) is 5.97 Å². The van der Waals surface area contributed by atoms with E-state index >= 15 is 0 Å². The number of rotatable bonds is 5.